The highest BCUT2D eigenvalue weighted by Gasteiger charge is 2.42. The number of rotatable bonds is 4. The van der Waals surface area contributed by atoms with Crippen molar-refractivity contribution in [1.82, 2.24) is 10.6 Å². The van der Waals surface area contributed by atoms with Crippen LogP contribution >= 0.6 is 11.8 Å². The number of nitrogens with one attached hydrogen (secondary N) is 2. The summed E-state index contributed by atoms with van der Waals surface area (Å²) in [6.45, 7) is 4.31. The van der Waals surface area contributed by atoms with Gasteiger partial charge in [0.05, 0.1) is 6.04 Å². The number of hydrogen-bond acceptors (Lipinski definition) is 3. The fourth-order valence-electron chi connectivity index (χ4n) is 3.91. The summed E-state index contributed by atoms with van der Waals surface area (Å²) in [6, 6.07) is 20.0. The molecule has 0 aromatic heterocycles. The molecule has 25 heavy (non-hydrogen) atoms. The smallest absolute Gasteiger partial charge is 0.0511 e. The van der Waals surface area contributed by atoms with Crippen molar-refractivity contribution in [2.45, 2.75) is 29.8 Å². The van der Waals surface area contributed by atoms with E-state index in [0.717, 1.165) is 18.8 Å². The van der Waals surface area contributed by atoms with Gasteiger partial charge >= 0.3 is 0 Å². The fourth-order valence-corrected chi connectivity index (χ4v) is 5.10. The predicted octanol–water partition coefficient (Wildman–Crippen LogP) is 4.34. The van der Waals surface area contributed by atoms with E-state index >= 15 is 0 Å². The molecule has 3 heteroatoms. The van der Waals surface area contributed by atoms with Gasteiger partial charge in [0.25, 0.3) is 0 Å². The summed E-state index contributed by atoms with van der Waals surface area (Å²) in [5.41, 5.74) is 2.84. The van der Waals surface area contributed by atoms with Gasteiger partial charge in [-0.25, -0.2) is 0 Å². The molecule has 3 atom stereocenters. The molecule has 0 radical (unpaired) electrons. The Kier molecular flexibility index (Phi) is 4.98. The van der Waals surface area contributed by atoms with Crippen LogP contribution in [0.25, 0.3) is 0 Å². The minimum Gasteiger partial charge on any atom is -0.316 e. The first kappa shape index (κ1) is 16.9. The average molecular weight is 351 g/mol. The van der Waals surface area contributed by atoms with Crippen LogP contribution in [0.2, 0.25) is 0 Å². The standard InChI is InChI=1S/C22H26N2S/c1-17-7-10-20(11-8-17)25-16-22-13-14-23-15-19(22)9-12-21(24-22)18-5-3-2-4-6-18/h2-12,19,21,23-24H,13-16H2,1H3/t19-,21+,22+/m1/s1. The van der Waals surface area contributed by atoms with Crippen molar-refractivity contribution in [2.75, 3.05) is 18.8 Å². The molecule has 0 saturated carbocycles. The SMILES string of the molecule is Cc1ccc(SC[C@@]23CCNC[C@H]2C=C[C@@H](c2ccccc2)N3)cc1. The lowest BCUT2D eigenvalue weighted by Crippen LogP contribution is -2.62. The van der Waals surface area contributed by atoms with E-state index in [-0.39, 0.29) is 5.54 Å². The molecule has 0 aliphatic carbocycles. The lowest BCUT2D eigenvalue weighted by atomic mass is 9.76. The van der Waals surface area contributed by atoms with E-state index in [1.807, 2.05) is 11.8 Å². The third kappa shape index (κ3) is 3.69. The second-order valence-corrected chi connectivity index (χ2v) is 8.28. The number of aryl methyl sites for hydroxylation is 1. The van der Waals surface area contributed by atoms with Gasteiger partial charge in [0.1, 0.15) is 0 Å². The molecule has 4 rings (SSSR count). The first-order chi connectivity index (χ1) is 12.3. The van der Waals surface area contributed by atoms with Gasteiger partial charge in [-0.1, -0.05) is 60.2 Å². The van der Waals surface area contributed by atoms with Gasteiger partial charge < -0.3 is 5.32 Å². The molecule has 0 amide bonds. The van der Waals surface area contributed by atoms with Crippen LogP contribution < -0.4 is 10.6 Å². The first-order valence-electron chi connectivity index (χ1n) is 9.16. The van der Waals surface area contributed by atoms with Crippen molar-refractivity contribution in [2.24, 2.45) is 5.92 Å². The van der Waals surface area contributed by atoms with Crippen LogP contribution in [0, 0.1) is 12.8 Å². The van der Waals surface area contributed by atoms with Crippen LogP contribution in [-0.2, 0) is 0 Å². The molecular weight excluding hydrogens is 324 g/mol. The molecular formula is C22H26N2S. The highest BCUT2D eigenvalue weighted by atomic mass is 32.2. The Hall–Kier alpha value is -1.55. The van der Waals surface area contributed by atoms with E-state index < -0.39 is 0 Å². The normalized spacial score (nSPS) is 28.5. The molecule has 130 valence electrons. The zero-order valence-electron chi connectivity index (χ0n) is 14.7. The number of piperidine rings is 1. The second-order valence-electron chi connectivity index (χ2n) is 7.24. The molecule has 2 N–H and O–H groups in total. The molecule has 0 unspecified atom stereocenters. The lowest BCUT2D eigenvalue weighted by Gasteiger charge is -2.48. The summed E-state index contributed by atoms with van der Waals surface area (Å²) in [5.74, 6) is 1.66. The van der Waals surface area contributed by atoms with Crippen LogP contribution in [0.3, 0.4) is 0 Å². The van der Waals surface area contributed by atoms with E-state index in [1.54, 1.807) is 0 Å². The van der Waals surface area contributed by atoms with Crippen molar-refractivity contribution in [3.05, 3.63) is 77.9 Å². The largest absolute Gasteiger partial charge is 0.316 e. The summed E-state index contributed by atoms with van der Waals surface area (Å²) >= 11 is 1.99. The van der Waals surface area contributed by atoms with Crippen LogP contribution in [-0.4, -0.2) is 24.4 Å². The van der Waals surface area contributed by atoms with Crippen molar-refractivity contribution in [1.29, 1.82) is 0 Å². The van der Waals surface area contributed by atoms with Crippen molar-refractivity contribution in [3.8, 4) is 0 Å². The summed E-state index contributed by atoms with van der Waals surface area (Å²) < 4.78 is 0. The third-order valence-corrected chi connectivity index (χ3v) is 6.74. The summed E-state index contributed by atoms with van der Waals surface area (Å²) in [5, 5.41) is 7.59. The second kappa shape index (κ2) is 7.36. The van der Waals surface area contributed by atoms with Crippen LogP contribution in [0.5, 0.6) is 0 Å². The molecule has 1 saturated heterocycles. The highest BCUT2D eigenvalue weighted by Crippen LogP contribution is 2.38. The molecule has 0 spiro atoms. The molecule has 2 aromatic rings. The number of thioether (sulfide) groups is 1. The number of hydrogen-bond donors (Lipinski definition) is 2. The zero-order valence-corrected chi connectivity index (χ0v) is 15.6. The maximum Gasteiger partial charge on any atom is 0.0511 e. The summed E-state index contributed by atoms with van der Waals surface area (Å²) in [7, 11) is 0. The van der Waals surface area contributed by atoms with Crippen LogP contribution in [0.15, 0.2) is 71.6 Å². The summed E-state index contributed by atoms with van der Waals surface area (Å²) in [4.78, 5) is 1.37. The molecule has 1 fully saturated rings. The first-order valence-corrected chi connectivity index (χ1v) is 10.1. The van der Waals surface area contributed by atoms with Gasteiger partial charge in [0, 0.05) is 28.6 Å². The van der Waals surface area contributed by atoms with Gasteiger partial charge in [0.2, 0.25) is 0 Å². The van der Waals surface area contributed by atoms with Gasteiger partial charge in [-0.2, -0.15) is 0 Å². The molecule has 2 nitrogen and oxygen atoms in total. The predicted molar refractivity (Wildman–Crippen MR) is 107 cm³/mol. The third-order valence-electron chi connectivity index (χ3n) is 5.48. The lowest BCUT2D eigenvalue weighted by molar-refractivity contribution is 0.190. The number of fused-ring (bicyclic) bond motifs is 1. The molecule has 2 heterocycles. The van der Waals surface area contributed by atoms with Crippen LogP contribution in [0.1, 0.15) is 23.6 Å². The monoisotopic (exact) mass is 350 g/mol. The molecule has 0 bridgehead atoms. The van der Waals surface area contributed by atoms with Gasteiger partial charge in [-0.15, -0.1) is 11.8 Å². The highest BCUT2D eigenvalue weighted by molar-refractivity contribution is 7.99. The van der Waals surface area contributed by atoms with E-state index in [0.29, 0.717) is 12.0 Å². The maximum atomic E-state index is 4.02. The molecule has 2 aromatic carbocycles. The van der Waals surface area contributed by atoms with Gasteiger partial charge in [0.15, 0.2) is 0 Å². The maximum absolute atomic E-state index is 4.02. The van der Waals surface area contributed by atoms with Crippen molar-refractivity contribution in [3.63, 3.8) is 0 Å². The minimum atomic E-state index is 0.163. The Bertz CT molecular complexity index is 725. The fraction of sp³-hybridized carbons (Fsp3) is 0.364. The Morgan fingerprint density at radius 1 is 1.04 bits per heavy atom. The van der Waals surface area contributed by atoms with E-state index in [4.69, 9.17) is 0 Å². The average Bonchev–Trinajstić information content (AvgIpc) is 2.68. The quantitative estimate of drug-likeness (QED) is 0.634. The molecule has 2 aliphatic rings. The van der Waals surface area contributed by atoms with Crippen LogP contribution in [0.4, 0.5) is 0 Å². The minimum absolute atomic E-state index is 0.163. The van der Waals surface area contributed by atoms with Gasteiger partial charge in [-0.3, -0.25) is 5.32 Å². The zero-order chi connectivity index (χ0) is 17.1. The van der Waals surface area contributed by atoms with E-state index in [2.05, 4.69) is 84.3 Å². The Morgan fingerprint density at radius 2 is 1.84 bits per heavy atom. The Balaban J connectivity index is 1.55. The summed E-state index contributed by atoms with van der Waals surface area (Å²) in [6.07, 6.45) is 5.96. The number of benzene rings is 2. The van der Waals surface area contributed by atoms with E-state index in [1.165, 1.54) is 22.4 Å². The van der Waals surface area contributed by atoms with Crippen molar-refractivity contribution >= 4 is 11.8 Å². The topological polar surface area (TPSA) is 24.1 Å². The Morgan fingerprint density at radius 3 is 2.64 bits per heavy atom. The van der Waals surface area contributed by atoms with E-state index in [9.17, 15) is 0 Å². The Labute approximate surface area is 155 Å². The van der Waals surface area contributed by atoms with Crippen molar-refractivity contribution < 1.29 is 0 Å². The molecule has 2 aliphatic heterocycles. The van der Waals surface area contributed by atoms with Gasteiger partial charge in [-0.05, 0) is 37.6 Å².